The van der Waals surface area contributed by atoms with Crippen LogP contribution in [-0.2, 0) is 0 Å². The lowest BCUT2D eigenvalue weighted by molar-refractivity contribution is 0.189. The number of phenolic OH excluding ortho intramolecular Hbond substituents is 2. The summed E-state index contributed by atoms with van der Waals surface area (Å²) in [6, 6.07) is 19.0. The highest BCUT2D eigenvalue weighted by Crippen LogP contribution is 2.54. The lowest BCUT2D eigenvalue weighted by atomic mass is 9.99. The summed E-state index contributed by atoms with van der Waals surface area (Å²) in [5, 5.41) is 14.3. The molecule has 2 atom stereocenters. The average Bonchev–Trinajstić information content (AvgIpc) is 2.71. The second kappa shape index (κ2) is 6.61. The topological polar surface area (TPSA) is 49.7 Å². The van der Waals surface area contributed by atoms with Gasteiger partial charge in [0, 0.05) is 0 Å². The maximum Gasteiger partial charge on any atom is 0.293 e. The largest absolute Gasteiger partial charge is 0.508 e. The molecule has 1 aliphatic rings. The van der Waals surface area contributed by atoms with Crippen molar-refractivity contribution in [2.24, 2.45) is 0 Å². The van der Waals surface area contributed by atoms with E-state index >= 15 is 0 Å². The van der Waals surface area contributed by atoms with Gasteiger partial charge in [0.2, 0.25) is 0 Å². The number of aryl methyl sites for hydroxylation is 1. The van der Waals surface area contributed by atoms with Gasteiger partial charge in [0.15, 0.2) is 0 Å². The van der Waals surface area contributed by atoms with Crippen LogP contribution in [0.3, 0.4) is 0 Å². The number of fused-ring (bicyclic) bond motifs is 1. The van der Waals surface area contributed by atoms with Crippen LogP contribution >= 0.6 is 11.8 Å². The van der Waals surface area contributed by atoms with Gasteiger partial charge in [-0.2, -0.15) is 0 Å². The Morgan fingerprint density at radius 3 is 2.23 bits per heavy atom. The van der Waals surface area contributed by atoms with E-state index in [0.29, 0.717) is 5.75 Å². The van der Waals surface area contributed by atoms with Crippen LogP contribution in [-0.4, -0.2) is 11.6 Å². The summed E-state index contributed by atoms with van der Waals surface area (Å²) in [4.78, 5) is 1.12. The van der Waals surface area contributed by atoms with Crippen molar-refractivity contribution in [3.05, 3.63) is 82.9 Å². The molecule has 132 valence electrons. The molecule has 0 unspecified atom stereocenters. The maximum atomic E-state index is 9.66. The summed E-state index contributed by atoms with van der Waals surface area (Å²) in [5.41, 5.74) is 4.47. The second-order valence-corrected chi connectivity index (χ2v) is 7.76. The molecular weight excluding hydrogens is 344 g/mol. The molecule has 0 bridgehead atoms. The molecule has 3 aromatic carbocycles. The van der Waals surface area contributed by atoms with Gasteiger partial charge in [-0.1, -0.05) is 30.3 Å². The standard InChI is InChI=1S/C22H20O3S/c1-13-3-12-19-20(14(13)2)25-21(15-4-8-17(23)9-5-15)22(26-19)16-6-10-18(24)11-7-16/h3-12,21-24H,1-2H3/t21-,22+/m1/s1/i/hT. The zero-order valence-corrected chi connectivity index (χ0v) is 15.4. The lowest BCUT2D eigenvalue weighted by Crippen LogP contribution is -2.20. The minimum Gasteiger partial charge on any atom is -0.508 e. The zero-order valence-electron chi connectivity index (χ0n) is 15.6. The average molecular weight is 366 g/mol. The summed E-state index contributed by atoms with van der Waals surface area (Å²) in [5.74, 6) is 1.68. The van der Waals surface area contributed by atoms with E-state index in [0.717, 1.165) is 27.3 Å². The highest BCUT2D eigenvalue weighted by molar-refractivity contribution is 7.99. The highest BCUT2D eigenvalue weighted by Gasteiger charge is 2.34. The monoisotopic (exact) mass is 366 g/mol. The van der Waals surface area contributed by atoms with Crippen LogP contribution in [0.5, 0.6) is 17.2 Å². The van der Waals surface area contributed by atoms with Gasteiger partial charge in [0.25, 0.3) is 1.43 Å². The van der Waals surface area contributed by atoms with E-state index in [1.807, 2.05) is 24.3 Å². The Balaban J connectivity index is 1.79. The molecule has 0 radical (unpaired) electrons. The number of benzene rings is 3. The summed E-state index contributed by atoms with van der Waals surface area (Å²) < 4.78 is 13.6. The third kappa shape index (κ3) is 3.01. The predicted molar refractivity (Wildman–Crippen MR) is 104 cm³/mol. The third-order valence-corrected chi connectivity index (χ3v) is 6.19. The van der Waals surface area contributed by atoms with Crippen molar-refractivity contribution in [3.63, 3.8) is 0 Å². The van der Waals surface area contributed by atoms with Gasteiger partial charge in [0.1, 0.15) is 23.4 Å². The molecule has 0 amide bonds. The van der Waals surface area contributed by atoms with Crippen molar-refractivity contribution in [2.45, 2.75) is 30.1 Å². The van der Waals surface area contributed by atoms with Gasteiger partial charge in [0.05, 0.1) is 10.1 Å². The Morgan fingerprint density at radius 1 is 0.885 bits per heavy atom. The Bertz CT molecular complexity index is 955. The molecule has 2 N–H and O–H groups in total. The molecule has 0 aromatic heterocycles. The van der Waals surface area contributed by atoms with Crippen molar-refractivity contribution < 1.29 is 15.0 Å². The molecule has 26 heavy (non-hydrogen) atoms. The van der Waals surface area contributed by atoms with Crippen LogP contribution in [0.4, 0.5) is 0 Å². The summed E-state index contributed by atoms with van der Waals surface area (Å²) in [7, 11) is 0. The van der Waals surface area contributed by atoms with Gasteiger partial charge >= 0.3 is 0 Å². The van der Waals surface area contributed by atoms with Crippen LogP contribution in [0.25, 0.3) is 0 Å². The molecule has 0 aliphatic carbocycles. The van der Waals surface area contributed by atoms with Crippen molar-refractivity contribution in [3.8, 4) is 17.2 Å². The molecular formula is C22H20O3S. The number of phenols is 2. The van der Waals surface area contributed by atoms with E-state index < -0.39 is 0 Å². The van der Waals surface area contributed by atoms with Crippen LogP contribution in [0.1, 0.15) is 33.6 Å². The molecule has 0 fully saturated rings. The van der Waals surface area contributed by atoms with E-state index in [-0.39, 0.29) is 17.1 Å². The molecule has 4 rings (SSSR count). The lowest BCUT2D eigenvalue weighted by Gasteiger charge is -2.35. The van der Waals surface area contributed by atoms with Crippen molar-refractivity contribution in [1.29, 1.82) is 1.43 Å². The summed E-state index contributed by atoms with van der Waals surface area (Å²) in [6.07, 6.45) is -0.189. The minimum atomic E-state index is -0.189. The van der Waals surface area contributed by atoms with E-state index in [4.69, 9.17) is 6.17 Å². The summed E-state index contributed by atoms with van der Waals surface area (Å²) >= 11 is 1.78. The van der Waals surface area contributed by atoms with Gasteiger partial charge in [-0.25, -0.2) is 0 Å². The zero-order chi connectivity index (χ0) is 19.0. The Morgan fingerprint density at radius 2 is 1.54 bits per heavy atom. The highest BCUT2D eigenvalue weighted by atomic mass is 32.2. The third-order valence-electron chi connectivity index (χ3n) is 4.84. The fourth-order valence-electron chi connectivity index (χ4n) is 3.20. The van der Waals surface area contributed by atoms with Crippen LogP contribution in [0.2, 0.25) is 0 Å². The van der Waals surface area contributed by atoms with Crippen LogP contribution < -0.4 is 4.74 Å². The molecule has 0 saturated heterocycles. The van der Waals surface area contributed by atoms with E-state index in [1.54, 1.807) is 36.0 Å². The van der Waals surface area contributed by atoms with Crippen molar-refractivity contribution in [1.82, 2.24) is 0 Å². The predicted octanol–water partition coefficient (Wildman–Crippen LogP) is 5.68. The fourth-order valence-corrected chi connectivity index (χ4v) is 4.56. The van der Waals surface area contributed by atoms with Gasteiger partial charge in [-0.3, -0.25) is 0 Å². The van der Waals surface area contributed by atoms with Crippen molar-refractivity contribution >= 4 is 11.8 Å². The number of ether oxygens (including phenoxy) is 1. The molecule has 1 aliphatic heterocycles. The molecule has 0 saturated carbocycles. The number of thioether (sulfide) groups is 1. The van der Waals surface area contributed by atoms with Gasteiger partial charge < -0.3 is 15.0 Å². The quantitative estimate of drug-likeness (QED) is 0.626. The van der Waals surface area contributed by atoms with Crippen molar-refractivity contribution in [2.75, 3.05) is 0 Å². The Labute approximate surface area is 158 Å². The Hall–Kier alpha value is -2.59. The van der Waals surface area contributed by atoms with E-state index in [2.05, 4.69) is 31.1 Å². The van der Waals surface area contributed by atoms with E-state index in [1.165, 1.54) is 5.56 Å². The van der Waals surface area contributed by atoms with Gasteiger partial charge in [-0.15, -0.1) is 11.8 Å². The fraction of sp³-hybridized carbons (Fsp3) is 0.182. The first-order chi connectivity index (χ1) is 13.1. The smallest absolute Gasteiger partial charge is 0.293 e. The summed E-state index contributed by atoms with van der Waals surface area (Å²) in [6.45, 7) is 4.17. The normalized spacial score (nSPS) is 19.2. The minimum absolute atomic E-state index is 0.0453. The SMILES string of the molecule is [3H]Oc1ccc([C@@H]2Sc3ccc(C)c(C)c3O[C@@H]2c2ccc(O)cc2)cc1. The van der Waals surface area contributed by atoms with Crippen LogP contribution in [0, 0.1) is 13.8 Å². The number of hydrogen-bond acceptors (Lipinski definition) is 4. The Kier molecular flexibility index (Phi) is 3.98. The first-order valence-corrected chi connectivity index (χ1v) is 9.40. The molecule has 1 heterocycles. The number of rotatable bonds is 3. The first-order valence-electron chi connectivity index (χ1n) is 8.93. The number of hydrogen-bond donors (Lipinski definition) is 2. The number of aromatic hydroxyl groups is 2. The molecule has 3 nitrogen and oxygen atoms in total. The molecule has 4 heteroatoms. The second-order valence-electron chi connectivity index (χ2n) is 6.57. The molecule has 3 aromatic rings. The van der Waals surface area contributed by atoms with E-state index in [9.17, 15) is 5.11 Å². The maximum absolute atomic E-state index is 9.66. The van der Waals surface area contributed by atoms with Gasteiger partial charge in [-0.05, 0) is 66.4 Å². The first kappa shape index (κ1) is 15.6. The molecule has 0 spiro atoms. The van der Waals surface area contributed by atoms with Crippen LogP contribution in [0.15, 0.2) is 65.6 Å².